The Morgan fingerprint density at radius 2 is 1.81 bits per heavy atom. The van der Waals surface area contributed by atoms with Crippen LogP contribution in [0.3, 0.4) is 0 Å². The molecule has 0 aliphatic heterocycles. The average Bonchev–Trinajstić information content (AvgIpc) is 3.11. The molecule has 6 heteroatoms. The molecule has 0 aliphatic rings. The molecule has 130 valence electrons. The van der Waals surface area contributed by atoms with Crippen molar-refractivity contribution in [2.45, 2.75) is 13.1 Å². The SMILES string of the molecule is CN(Cc1nc2ccccc2c(=O)[nH]1)Cc1ncc(-c2ccccc2)o1. The molecular formula is C20H18N4O2. The van der Waals surface area contributed by atoms with E-state index in [-0.39, 0.29) is 5.56 Å². The van der Waals surface area contributed by atoms with E-state index in [1.807, 2.05) is 60.5 Å². The van der Waals surface area contributed by atoms with Crippen LogP contribution in [-0.2, 0) is 13.1 Å². The predicted octanol–water partition coefficient (Wildman–Crippen LogP) is 3.21. The predicted molar refractivity (Wildman–Crippen MR) is 99.5 cm³/mol. The third-order valence-corrected chi connectivity index (χ3v) is 4.10. The van der Waals surface area contributed by atoms with Crippen LogP contribution in [0.25, 0.3) is 22.2 Å². The number of H-pyrrole nitrogens is 1. The van der Waals surface area contributed by atoms with E-state index in [1.165, 1.54) is 0 Å². The highest BCUT2D eigenvalue weighted by atomic mass is 16.4. The highest BCUT2D eigenvalue weighted by molar-refractivity contribution is 5.77. The van der Waals surface area contributed by atoms with Gasteiger partial charge >= 0.3 is 0 Å². The van der Waals surface area contributed by atoms with E-state index in [0.717, 1.165) is 11.3 Å². The Hall–Kier alpha value is -3.25. The molecule has 2 aromatic carbocycles. The summed E-state index contributed by atoms with van der Waals surface area (Å²) >= 11 is 0. The minimum atomic E-state index is -0.124. The lowest BCUT2D eigenvalue weighted by Crippen LogP contribution is -2.22. The smallest absolute Gasteiger partial charge is 0.258 e. The maximum atomic E-state index is 12.2. The number of nitrogens with one attached hydrogen (secondary N) is 1. The molecule has 0 atom stereocenters. The monoisotopic (exact) mass is 346 g/mol. The zero-order chi connectivity index (χ0) is 17.9. The highest BCUT2D eigenvalue weighted by Gasteiger charge is 2.11. The first kappa shape index (κ1) is 16.2. The van der Waals surface area contributed by atoms with E-state index < -0.39 is 0 Å². The van der Waals surface area contributed by atoms with Crippen molar-refractivity contribution in [1.82, 2.24) is 19.9 Å². The number of oxazole rings is 1. The van der Waals surface area contributed by atoms with Gasteiger partial charge in [-0.2, -0.15) is 0 Å². The van der Waals surface area contributed by atoms with E-state index in [0.29, 0.717) is 35.7 Å². The molecule has 0 amide bonds. The average molecular weight is 346 g/mol. The minimum Gasteiger partial charge on any atom is -0.439 e. The Kier molecular flexibility index (Phi) is 4.33. The Bertz CT molecular complexity index is 1090. The molecule has 26 heavy (non-hydrogen) atoms. The largest absolute Gasteiger partial charge is 0.439 e. The lowest BCUT2D eigenvalue weighted by molar-refractivity contribution is 0.276. The number of para-hydroxylation sites is 1. The first-order valence-corrected chi connectivity index (χ1v) is 8.35. The van der Waals surface area contributed by atoms with Crippen molar-refractivity contribution in [3.05, 3.63) is 82.9 Å². The maximum absolute atomic E-state index is 12.2. The van der Waals surface area contributed by atoms with Crippen LogP contribution in [0.1, 0.15) is 11.7 Å². The minimum absolute atomic E-state index is 0.124. The zero-order valence-corrected chi connectivity index (χ0v) is 14.3. The maximum Gasteiger partial charge on any atom is 0.258 e. The van der Waals surface area contributed by atoms with Crippen molar-refractivity contribution in [2.24, 2.45) is 0 Å². The molecule has 0 radical (unpaired) electrons. The third-order valence-electron chi connectivity index (χ3n) is 4.10. The summed E-state index contributed by atoms with van der Waals surface area (Å²) in [5.41, 5.74) is 1.57. The topological polar surface area (TPSA) is 75.0 Å². The number of aromatic nitrogens is 3. The fourth-order valence-electron chi connectivity index (χ4n) is 2.87. The number of aromatic amines is 1. The lowest BCUT2D eigenvalue weighted by atomic mass is 10.2. The van der Waals surface area contributed by atoms with Gasteiger partial charge < -0.3 is 9.40 Å². The first-order valence-electron chi connectivity index (χ1n) is 8.35. The molecule has 4 rings (SSSR count). The summed E-state index contributed by atoms with van der Waals surface area (Å²) in [6.45, 7) is 1.01. The van der Waals surface area contributed by atoms with Crippen LogP contribution < -0.4 is 5.56 Å². The molecule has 2 heterocycles. The van der Waals surface area contributed by atoms with Gasteiger partial charge in [0.15, 0.2) is 5.76 Å². The van der Waals surface area contributed by atoms with Crippen LogP contribution >= 0.6 is 0 Å². The van der Waals surface area contributed by atoms with Crippen LogP contribution in [0.5, 0.6) is 0 Å². The van der Waals surface area contributed by atoms with Gasteiger partial charge in [-0.25, -0.2) is 9.97 Å². The van der Waals surface area contributed by atoms with Crippen LogP contribution in [0.4, 0.5) is 0 Å². The summed E-state index contributed by atoms with van der Waals surface area (Å²) < 4.78 is 5.83. The van der Waals surface area contributed by atoms with Crippen molar-refractivity contribution in [3.63, 3.8) is 0 Å². The number of hydrogen-bond donors (Lipinski definition) is 1. The quantitative estimate of drug-likeness (QED) is 0.600. The molecule has 0 spiro atoms. The van der Waals surface area contributed by atoms with Gasteiger partial charge in [0.05, 0.1) is 30.2 Å². The van der Waals surface area contributed by atoms with Gasteiger partial charge in [-0.15, -0.1) is 0 Å². The number of fused-ring (bicyclic) bond motifs is 1. The summed E-state index contributed by atoms with van der Waals surface area (Å²) in [7, 11) is 1.93. The second-order valence-corrected chi connectivity index (χ2v) is 6.19. The fraction of sp³-hybridized carbons (Fsp3) is 0.150. The van der Waals surface area contributed by atoms with Gasteiger partial charge in [0.2, 0.25) is 5.89 Å². The molecule has 6 nitrogen and oxygen atoms in total. The number of rotatable bonds is 5. The Labute approximate surface area is 150 Å². The lowest BCUT2D eigenvalue weighted by Gasteiger charge is -2.13. The Morgan fingerprint density at radius 3 is 2.65 bits per heavy atom. The van der Waals surface area contributed by atoms with Crippen molar-refractivity contribution < 1.29 is 4.42 Å². The molecule has 0 aliphatic carbocycles. The van der Waals surface area contributed by atoms with E-state index >= 15 is 0 Å². The van der Waals surface area contributed by atoms with Crippen LogP contribution in [0.2, 0.25) is 0 Å². The van der Waals surface area contributed by atoms with E-state index in [1.54, 1.807) is 12.3 Å². The molecule has 0 saturated carbocycles. The number of benzene rings is 2. The molecule has 1 N–H and O–H groups in total. The van der Waals surface area contributed by atoms with Gasteiger partial charge in [-0.3, -0.25) is 9.69 Å². The Morgan fingerprint density at radius 1 is 1.04 bits per heavy atom. The van der Waals surface area contributed by atoms with Crippen LogP contribution in [-0.4, -0.2) is 26.9 Å². The number of nitrogens with zero attached hydrogens (tertiary/aromatic N) is 3. The molecule has 0 fully saturated rings. The van der Waals surface area contributed by atoms with Gasteiger partial charge in [0.25, 0.3) is 5.56 Å². The second kappa shape index (κ2) is 6.93. The molecule has 0 bridgehead atoms. The zero-order valence-electron chi connectivity index (χ0n) is 14.3. The standard InChI is InChI=1S/C20H18N4O2/c1-24(12-18-22-16-10-6-5-9-15(16)20(25)23-18)13-19-21-11-17(26-19)14-7-3-2-4-8-14/h2-11H,12-13H2,1H3,(H,22,23,25). The second-order valence-electron chi connectivity index (χ2n) is 6.19. The normalized spacial score (nSPS) is 11.3. The van der Waals surface area contributed by atoms with Crippen LogP contribution in [0.15, 0.2) is 70.0 Å². The van der Waals surface area contributed by atoms with E-state index in [4.69, 9.17) is 4.42 Å². The first-order chi connectivity index (χ1) is 12.7. The van der Waals surface area contributed by atoms with Gasteiger partial charge in [-0.05, 0) is 19.2 Å². The molecule has 0 unspecified atom stereocenters. The summed E-state index contributed by atoms with van der Waals surface area (Å²) in [6, 6.07) is 17.2. The number of hydrogen-bond acceptors (Lipinski definition) is 5. The highest BCUT2D eigenvalue weighted by Crippen LogP contribution is 2.20. The molecule has 4 aromatic rings. The van der Waals surface area contributed by atoms with Gasteiger partial charge in [0.1, 0.15) is 5.82 Å². The molecule has 2 aromatic heterocycles. The summed E-state index contributed by atoms with van der Waals surface area (Å²) in [5.74, 6) is 1.98. The van der Waals surface area contributed by atoms with Crippen molar-refractivity contribution >= 4 is 10.9 Å². The summed E-state index contributed by atoms with van der Waals surface area (Å²) in [5, 5.41) is 0.596. The fourth-order valence-corrected chi connectivity index (χ4v) is 2.87. The van der Waals surface area contributed by atoms with Crippen molar-refractivity contribution in [3.8, 4) is 11.3 Å². The van der Waals surface area contributed by atoms with Gasteiger partial charge in [0, 0.05) is 5.56 Å². The van der Waals surface area contributed by atoms with Crippen molar-refractivity contribution in [2.75, 3.05) is 7.05 Å². The molecular weight excluding hydrogens is 328 g/mol. The van der Waals surface area contributed by atoms with Gasteiger partial charge in [-0.1, -0.05) is 42.5 Å². The van der Waals surface area contributed by atoms with Crippen molar-refractivity contribution in [1.29, 1.82) is 0 Å². The summed E-state index contributed by atoms with van der Waals surface area (Å²) in [6.07, 6.45) is 1.73. The third kappa shape index (κ3) is 3.41. The van der Waals surface area contributed by atoms with Crippen LogP contribution in [0, 0.1) is 0 Å². The van der Waals surface area contributed by atoms with E-state index in [9.17, 15) is 4.79 Å². The Balaban J connectivity index is 1.48. The molecule has 0 saturated heterocycles. The van der Waals surface area contributed by atoms with E-state index in [2.05, 4.69) is 15.0 Å². The summed E-state index contributed by atoms with van der Waals surface area (Å²) in [4.78, 5) is 25.9.